The number of aliphatic hydroxyl groups is 1. The molecule has 1 N–H and O–H groups in total. The molecule has 0 unspecified atom stereocenters. The van der Waals surface area contributed by atoms with Gasteiger partial charge in [-0.2, -0.15) is 0 Å². The van der Waals surface area contributed by atoms with Crippen molar-refractivity contribution in [2.75, 3.05) is 33.8 Å². The van der Waals surface area contributed by atoms with E-state index in [1.807, 2.05) is 69.2 Å². The zero-order valence-electron chi connectivity index (χ0n) is 20.9. The summed E-state index contributed by atoms with van der Waals surface area (Å²) >= 11 is 0. The second-order valence-corrected chi connectivity index (χ2v) is 9.53. The van der Waals surface area contributed by atoms with Gasteiger partial charge in [0.2, 0.25) is 0 Å². The first-order chi connectivity index (χ1) is 16.8. The van der Waals surface area contributed by atoms with Crippen LogP contribution in [0, 0.1) is 0 Å². The molecule has 0 aromatic heterocycles. The largest absolute Gasteiger partial charge is 0.507 e. The molecule has 0 radical (unpaired) electrons. The minimum atomic E-state index is -0.689. The smallest absolute Gasteiger partial charge is 0.295 e. The zero-order valence-corrected chi connectivity index (χ0v) is 20.9. The summed E-state index contributed by atoms with van der Waals surface area (Å²) in [6.07, 6.45) is 2.37. The fraction of sp³-hybridized carbons (Fsp3) is 0.429. The highest BCUT2D eigenvalue weighted by Gasteiger charge is 2.46. The third kappa shape index (κ3) is 5.20. The summed E-state index contributed by atoms with van der Waals surface area (Å²) < 4.78 is 11.6. The van der Waals surface area contributed by atoms with Crippen molar-refractivity contribution < 1.29 is 24.2 Å². The molecule has 1 amide bonds. The lowest BCUT2D eigenvalue weighted by Gasteiger charge is -2.26. The second-order valence-electron chi connectivity index (χ2n) is 9.53. The van der Waals surface area contributed by atoms with Crippen LogP contribution in [0.15, 0.2) is 48.0 Å². The van der Waals surface area contributed by atoms with Crippen LogP contribution in [-0.4, -0.2) is 66.5 Å². The number of aliphatic hydroxyl groups excluding tert-OH is 1. The number of likely N-dealkylation sites (tertiary alicyclic amines) is 1. The van der Waals surface area contributed by atoms with E-state index < -0.39 is 17.7 Å². The maximum atomic E-state index is 13.3. The summed E-state index contributed by atoms with van der Waals surface area (Å²) in [5.74, 6) is 0.0451. The van der Waals surface area contributed by atoms with E-state index in [1.165, 1.54) is 0 Å². The van der Waals surface area contributed by atoms with Gasteiger partial charge in [-0.05, 0) is 81.9 Å². The number of benzene rings is 2. The highest BCUT2D eigenvalue weighted by Crippen LogP contribution is 2.41. The molecule has 2 aliphatic heterocycles. The summed E-state index contributed by atoms with van der Waals surface area (Å²) in [6.45, 7) is 5.78. The Morgan fingerprint density at radius 2 is 2.00 bits per heavy atom. The molecular formula is C28H34N2O5. The molecule has 2 aromatic carbocycles. The van der Waals surface area contributed by atoms with Crippen LogP contribution in [0.25, 0.3) is 5.76 Å². The highest BCUT2D eigenvalue weighted by atomic mass is 16.5. The van der Waals surface area contributed by atoms with Crippen LogP contribution in [0.1, 0.15) is 49.4 Å². The molecule has 7 nitrogen and oxygen atoms in total. The Kier molecular flexibility index (Phi) is 7.45. The number of ketones is 1. The molecule has 7 heteroatoms. The van der Waals surface area contributed by atoms with Crippen molar-refractivity contribution in [3.05, 3.63) is 64.7 Å². The zero-order chi connectivity index (χ0) is 25.1. The van der Waals surface area contributed by atoms with Gasteiger partial charge in [0.25, 0.3) is 11.7 Å². The molecule has 4 rings (SSSR count). The van der Waals surface area contributed by atoms with E-state index in [0.717, 1.165) is 36.3 Å². The van der Waals surface area contributed by atoms with Crippen LogP contribution in [0.2, 0.25) is 0 Å². The topological polar surface area (TPSA) is 79.3 Å². The van der Waals surface area contributed by atoms with Crippen LogP contribution in [0.5, 0.6) is 11.5 Å². The molecule has 2 aromatic rings. The van der Waals surface area contributed by atoms with E-state index in [2.05, 4.69) is 0 Å². The monoisotopic (exact) mass is 478 g/mol. The van der Waals surface area contributed by atoms with Gasteiger partial charge in [-0.25, -0.2) is 0 Å². The normalized spacial score (nSPS) is 20.9. The average molecular weight is 479 g/mol. The Hall–Kier alpha value is -3.32. The Labute approximate surface area is 206 Å². The molecule has 0 spiro atoms. The molecular weight excluding hydrogens is 444 g/mol. The van der Waals surface area contributed by atoms with Gasteiger partial charge in [-0.1, -0.05) is 19.1 Å². The number of carbonyl (C=O) groups excluding carboxylic acids is 2. The van der Waals surface area contributed by atoms with E-state index in [-0.39, 0.29) is 17.4 Å². The predicted octanol–water partition coefficient (Wildman–Crippen LogP) is 4.17. The van der Waals surface area contributed by atoms with Gasteiger partial charge in [0, 0.05) is 18.5 Å². The Morgan fingerprint density at radius 1 is 1.20 bits per heavy atom. The third-order valence-corrected chi connectivity index (χ3v) is 6.36. The lowest BCUT2D eigenvalue weighted by molar-refractivity contribution is -0.139. The van der Waals surface area contributed by atoms with Crippen molar-refractivity contribution in [1.82, 2.24) is 9.80 Å². The maximum absolute atomic E-state index is 13.3. The molecule has 186 valence electrons. The number of ether oxygens (including phenoxy) is 2. The predicted molar refractivity (Wildman–Crippen MR) is 135 cm³/mol. The van der Waals surface area contributed by atoms with E-state index in [4.69, 9.17) is 9.47 Å². The maximum Gasteiger partial charge on any atom is 0.295 e. The first-order valence-electron chi connectivity index (χ1n) is 12.3. The van der Waals surface area contributed by atoms with Gasteiger partial charge in [0.15, 0.2) is 0 Å². The number of amides is 1. The fourth-order valence-corrected chi connectivity index (χ4v) is 4.73. The minimum absolute atomic E-state index is 0.0653. The van der Waals surface area contributed by atoms with Crippen molar-refractivity contribution in [2.24, 2.45) is 0 Å². The van der Waals surface area contributed by atoms with Crippen molar-refractivity contribution in [2.45, 2.75) is 45.3 Å². The third-order valence-electron chi connectivity index (χ3n) is 6.36. The van der Waals surface area contributed by atoms with Crippen LogP contribution in [0.4, 0.5) is 0 Å². The number of nitrogens with zero attached hydrogens (tertiary/aromatic N) is 2. The van der Waals surface area contributed by atoms with Gasteiger partial charge >= 0.3 is 0 Å². The SMILES string of the molecule is CCCOc1cccc([C@@H]2/C(=C(\O)c3ccc4c(c3)C[C@H](C)O4)C(=O)C(=O)N2CCCN(C)C)c1. The fourth-order valence-electron chi connectivity index (χ4n) is 4.73. The quantitative estimate of drug-likeness (QED) is 0.331. The van der Waals surface area contributed by atoms with Crippen LogP contribution < -0.4 is 9.47 Å². The van der Waals surface area contributed by atoms with Crippen LogP contribution >= 0.6 is 0 Å². The summed E-state index contributed by atoms with van der Waals surface area (Å²) in [6, 6.07) is 12.2. The Balaban J connectivity index is 1.77. The minimum Gasteiger partial charge on any atom is -0.507 e. The molecule has 0 bridgehead atoms. The first-order valence-corrected chi connectivity index (χ1v) is 12.3. The average Bonchev–Trinajstić information content (AvgIpc) is 3.33. The molecule has 2 heterocycles. The van der Waals surface area contributed by atoms with Crippen molar-refractivity contribution in [3.8, 4) is 11.5 Å². The molecule has 0 saturated carbocycles. The lowest BCUT2D eigenvalue weighted by Crippen LogP contribution is -2.32. The van der Waals surface area contributed by atoms with Gasteiger partial charge in [0.05, 0.1) is 18.2 Å². The molecule has 2 atom stereocenters. The van der Waals surface area contributed by atoms with Gasteiger partial charge in [-0.15, -0.1) is 0 Å². The first kappa shape index (κ1) is 24.8. The van der Waals surface area contributed by atoms with E-state index in [1.54, 1.807) is 11.0 Å². The second kappa shape index (κ2) is 10.5. The van der Waals surface area contributed by atoms with Crippen LogP contribution in [-0.2, 0) is 16.0 Å². The molecule has 35 heavy (non-hydrogen) atoms. The summed E-state index contributed by atoms with van der Waals surface area (Å²) in [5, 5.41) is 11.4. The van der Waals surface area contributed by atoms with E-state index in [0.29, 0.717) is 30.9 Å². The number of hydrogen-bond acceptors (Lipinski definition) is 6. The molecule has 1 saturated heterocycles. The standard InChI is InChI=1S/C28H34N2O5/c1-5-14-34-22-9-6-8-19(17-22)25-24(27(32)28(33)30(25)13-7-12-29(3)4)26(31)20-10-11-23-21(16-20)15-18(2)35-23/h6,8-11,16-18,25,31H,5,7,12-15H2,1-4H3/b26-24+/t18-,25+/m0/s1. The van der Waals surface area contributed by atoms with Crippen molar-refractivity contribution >= 4 is 17.4 Å². The number of rotatable bonds is 9. The van der Waals surface area contributed by atoms with Gasteiger partial charge < -0.3 is 24.4 Å². The Bertz CT molecular complexity index is 1140. The summed E-state index contributed by atoms with van der Waals surface area (Å²) in [4.78, 5) is 30.1. The summed E-state index contributed by atoms with van der Waals surface area (Å²) in [5.41, 5.74) is 2.34. The van der Waals surface area contributed by atoms with E-state index >= 15 is 0 Å². The highest BCUT2D eigenvalue weighted by molar-refractivity contribution is 6.46. The lowest BCUT2D eigenvalue weighted by atomic mass is 9.94. The van der Waals surface area contributed by atoms with Crippen LogP contribution in [0.3, 0.4) is 0 Å². The van der Waals surface area contributed by atoms with Gasteiger partial charge in [0.1, 0.15) is 23.4 Å². The van der Waals surface area contributed by atoms with Gasteiger partial charge in [-0.3, -0.25) is 9.59 Å². The number of hydrogen-bond donors (Lipinski definition) is 1. The number of fused-ring (bicyclic) bond motifs is 1. The molecule has 1 fully saturated rings. The van der Waals surface area contributed by atoms with E-state index in [9.17, 15) is 14.7 Å². The Morgan fingerprint density at radius 3 is 2.74 bits per heavy atom. The number of carbonyl (C=O) groups is 2. The molecule has 2 aliphatic rings. The van der Waals surface area contributed by atoms with Crippen molar-refractivity contribution in [3.63, 3.8) is 0 Å². The summed E-state index contributed by atoms with van der Waals surface area (Å²) in [7, 11) is 3.94. The van der Waals surface area contributed by atoms with Crippen molar-refractivity contribution in [1.29, 1.82) is 0 Å². The number of Topliss-reactive ketones (excluding diaryl/α,β-unsaturated/α-hetero) is 1. The molecule has 0 aliphatic carbocycles.